The van der Waals surface area contributed by atoms with Crippen LogP contribution in [0.3, 0.4) is 0 Å². The van der Waals surface area contributed by atoms with E-state index in [2.05, 4.69) is 31.2 Å². The molecule has 3 aromatic carbocycles. The van der Waals surface area contributed by atoms with Gasteiger partial charge in [-0.3, -0.25) is 24.8 Å². The Balaban J connectivity index is 1.27. The summed E-state index contributed by atoms with van der Waals surface area (Å²) >= 11 is 0. The predicted octanol–water partition coefficient (Wildman–Crippen LogP) is 3.70. The molecular weight excluding hydrogens is 855 g/mol. The highest BCUT2D eigenvalue weighted by molar-refractivity contribution is 5.88. The lowest BCUT2D eigenvalue weighted by Crippen LogP contribution is -2.57. The van der Waals surface area contributed by atoms with Crippen molar-refractivity contribution < 1.29 is 38.5 Å². The van der Waals surface area contributed by atoms with Crippen molar-refractivity contribution in [3.63, 3.8) is 0 Å². The Morgan fingerprint density at radius 2 is 1.13 bits per heavy atom. The monoisotopic (exact) mass is 930 g/mol. The zero-order valence-electron chi connectivity index (χ0n) is 40.4. The van der Waals surface area contributed by atoms with Crippen LogP contribution >= 0.6 is 0 Å². The minimum Gasteiger partial charge on any atom is -0.489 e. The molecule has 0 radical (unpaired) electrons. The zero-order valence-corrected chi connectivity index (χ0v) is 40.4. The number of aliphatic hydroxyl groups is 1. The first kappa shape index (κ1) is 52.7. The Morgan fingerprint density at radius 1 is 0.642 bits per heavy atom. The average molecular weight is 930 g/mol. The molecule has 2 aliphatic heterocycles. The van der Waals surface area contributed by atoms with Crippen LogP contribution in [-0.2, 0) is 32.2 Å². The molecule has 2 fully saturated rings. The van der Waals surface area contributed by atoms with Crippen LogP contribution in [0.25, 0.3) is 0 Å². The number of ether oxygens (including phenoxy) is 3. The molecule has 5 rings (SSSR count). The first-order chi connectivity index (χ1) is 32.3. The smallest absolute Gasteiger partial charge is 0.317 e. The summed E-state index contributed by atoms with van der Waals surface area (Å²) in [6.45, 7) is 16.6. The number of aliphatic hydroxyl groups excluding tert-OH is 1. The van der Waals surface area contributed by atoms with Crippen LogP contribution in [0.1, 0.15) is 56.8 Å². The maximum atomic E-state index is 14.2. The van der Waals surface area contributed by atoms with Crippen LogP contribution in [0, 0.1) is 11.8 Å². The molecule has 2 saturated heterocycles. The van der Waals surface area contributed by atoms with Crippen LogP contribution in [0.15, 0.2) is 84.9 Å². The van der Waals surface area contributed by atoms with Gasteiger partial charge in [-0.2, -0.15) is 0 Å². The normalized spacial score (nSPS) is 16.4. The second kappa shape index (κ2) is 27.5. The van der Waals surface area contributed by atoms with E-state index < -0.39 is 36.0 Å². The highest BCUT2D eigenvalue weighted by Crippen LogP contribution is 2.22. The van der Waals surface area contributed by atoms with Crippen molar-refractivity contribution in [3.8, 4) is 5.75 Å². The first-order valence-corrected chi connectivity index (χ1v) is 23.7. The Bertz CT molecular complexity index is 1930. The quantitative estimate of drug-likeness (QED) is 0.0828. The fourth-order valence-electron chi connectivity index (χ4n) is 7.80. The number of hydrogen-bond acceptors (Lipinski definition) is 11. The molecule has 0 spiro atoms. The SMILES string of the molecule is CC(C)C(NC(=O)N(C)CCN1CCOCC1)C(=O)NC(c1ccccc1)C(O)CCN(Cc1ccc(OCc2ccccc2)cc1)NC(=O)C(NC(=O)N(C)CCN1CCOCC1)C(C)C. The number of carbonyl (C=O) groups excluding carboxylic acids is 4. The van der Waals surface area contributed by atoms with Crippen LogP contribution in [-0.4, -0.2) is 171 Å². The standard InChI is InChI=1S/C50H75N9O8/c1-37(2)44(52-49(63)55(5)23-25-57-27-31-65-32-28-57)47(61)51-46(41-15-11-8-12-16-41)43(60)21-22-59(35-39-17-19-42(20-18-39)67-36-40-13-9-7-10-14-40)54-48(62)45(38(3)4)53-50(64)56(6)24-26-58-29-33-66-34-30-58/h7-20,37-38,43-46,60H,21-36H2,1-6H3,(H,51,61)(H,52,63)(H,53,64)(H,54,62). The lowest BCUT2D eigenvalue weighted by Gasteiger charge is -2.32. The average Bonchev–Trinajstić information content (AvgIpc) is 3.34. The van der Waals surface area contributed by atoms with Gasteiger partial charge in [0.25, 0.3) is 5.91 Å². The number of hydrogen-bond donors (Lipinski definition) is 5. The number of likely N-dealkylation sites (N-methyl/N-ethyl adjacent to an activating group) is 2. The summed E-state index contributed by atoms with van der Waals surface area (Å²) in [7, 11) is 3.43. The molecule has 4 unspecified atom stereocenters. The van der Waals surface area contributed by atoms with Gasteiger partial charge >= 0.3 is 12.1 Å². The molecular formula is C50H75N9O8. The molecule has 67 heavy (non-hydrogen) atoms. The fourth-order valence-corrected chi connectivity index (χ4v) is 7.80. The molecule has 0 saturated carbocycles. The van der Waals surface area contributed by atoms with E-state index in [-0.39, 0.29) is 43.4 Å². The number of carbonyl (C=O) groups is 4. The number of benzene rings is 3. The third kappa shape index (κ3) is 17.7. The van der Waals surface area contributed by atoms with Crippen molar-refractivity contribution in [2.24, 2.45) is 11.8 Å². The summed E-state index contributed by atoms with van der Waals surface area (Å²) in [5.74, 6) is -0.647. The number of hydrazine groups is 1. The predicted molar refractivity (Wildman–Crippen MR) is 258 cm³/mol. The van der Waals surface area contributed by atoms with Gasteiger partial charge < -0.3 is 45.1 Å². The largest absolute Gasteiger partial charge is 0.489 e. The Morgan fingerprint density at radius 3 is 1.64 bits per heavy atom. The van der Waals surface area contributed by atoms with Gasteiger partial charge in [-0.1, -0.05) is 100 Å². The topological polar surface area (TPSA) is 181 Å². The molecule has 4 atom stereocenters. The van der Waals surface area contributed by atoms with Crippen molar-refractivity contribution in [3.05, 3.63) is 102 Å². The minimum atomic E-state index is -1.11. The second-order valence-corrected chi connectivity index (χ2v) is 18.2. The maximum absolute atomic E-state index is 14.2. The number of nitrogens with zero attached hydrogens (tertiary/aromatic N) is 5. The van der Waals surface area contributed by atoms with Gasteiger partial charge in [0.05, 0.1) is 38.6 Å². The number of nitrogens with one attached hydrogen (secondary N) is 4. The summed E-state index contributed by atoms with van der Waals surface area (Å²) in [5, 5.41) is 22.7. The molecule has 0 aliphatic carbocycles. The minimum absolute atomic E-state index is 0.129. The van der Waals surface area contributed by atoms with Crippen LogP contribution in [0.2, 0.25) is 0 Å². The molecule has 17 nitrogen and oxygen atoms in total. The van der Waals surface area contributed by atoms with Crippen molar-refractivity contribution in [2.75, 3.05) is 99.4 Å². The van der Waals surface area contributed by atoms with E-state index in [4.69, 9.17) is 14.2 Å². The summed E-state index contributed by atoms with van der Waals surface area (Å²) in [5.41, 5.74) is 5.65. The third-order valence-corrected chi connectivity index (χ3v) is 12.2. The molecule has 3 aromatic rings. The molecule has 6 amide bonds. The van der Waals surface area contributed by atoms with Gasteiger partial charge in [-0.15, -0.1) is 0 Å². The fraction of sp³-hybridized carbons (Fsp3) is 0.560. The Hall–Kier alpha value is -5.30. The van der Waals surface area contributed by atoms with Gasteiger partial charge in [0, 0.05) is 79.5 Å². The summed E-state index contributed by atoms with van der Waals surface area (Å²) in [6, 6.07) is 23.4. The number of morpholine rings is 2. The lowest BCUT2D eigenvalue weighted by molar-refractivity contribution is -0.129. The van der Waals surface area contributed by atoms with E-state index in [0.29, 0.717) is 70.5 Å². The summed E-state index contributed by atoms with van der Waals surface area (Å²) < 4.78 is 16.9. The van der Waals surface area contributed by atoms with E-state index in [1.54, 1.807) is 28.9 Å². The second-order valence-electron chi connectivity index (χ2n) is 18.2. The maximum Gasteiger partial charge on any atom is 0.317 e. The van der Waals surface area contributed by atoms with E-state index in [1.165, 1.54) is 0 Å². The lowest BCUT2D eigenvalue weighted by atomic mass is 9.97. The highest BCUT2D eigenvalue weighted by Gasteiger charge is 2.32. The van der Waals surface area contributed by atoms with Gasteiger partial charge in [-0.05, 0) is 47.1 Å². The molecule has 368 valence electrons. The van der Waals surface area contributed by atoms with Crippen molar-refractivity contribution >= 4 is 23.9 Å². The van der Waals surface area contributed by atoms with E-state index in [1.807, 2.05) is 113 Å². The Kier molecular flexibility index (Phi) is 21.6. The van der Waals surface area contributed by atoms with E-state index in [0.717, 1.165) is 37.3 Å². The molecule has 2 heterocycles. The van der Waals surface area contributed by atoms with Gasteiger partial charge in [0.2, 0.25) is 5.91 Å². The van der Waals surface area contributed by atoms with Gasteiger partial charge in [0.15, 0.2) is 0 Å². The molecule has 2 aliphatic rings. The highest BCUT2D eigenvalue weighted by atomic mass is 16.5. The van der Waals surface area contributed by atoms with Crippen molar-refractivity contribution in [1.82, 2.24) is 46.0 Å². The number of urea groups is 2. The summed E-state index contributed by atoms with van der Waals surface area (Å²) in [6.07, 6.45) is -0.982. The molecule has 0 bridgehead atoms. The number of amides is 6. The van der Waals surface area contributed by atoms with Crippen LogP contribution < -0.4 is 26.1 Å². The summed E-state index contributed by atoms with van der Waals surface area (Å²) in [4.78, 5) is 62.8. The number of rotatable bonds is 24. The van der Waals surface area contributed by atoms with Crippen molar-refractivity contribution in [1.29, 1.82) is 0 Å². The van der Waals surface area contributed by atoms with Gasteiger partial charge in [-0.25, -0.2) is 14.6 Å². The molecule has 5 N–H and O–H groups in total. The zero-order chi connectivity index (χ0) is 48.1. The van der Waals surface area contributed by atoms with E-state index in [9.17, 15) is 24.3 Å². The van der Waals surface area contributed by atoms with E-state index >= 15 is 0 Å². The van der Waals surface area contributed by atoms with Gasteiger partial charge in [0.1, 0.15) is 24.4 Å². The van der Waals surface area contributed by atoms with Crippen LogP contribution in [0.5, 0.6) is 5.75 Å². The Labute approximate surface area is 397 Å². The molecule has 0 aromatic heterocycles. The van der Waals surface area contributed by atoms with Crippen molar-refractivity contribution in [2.45, 2.75) is 71.5 Å². The third-order valence-electron chi connectivity index (χ3n) is 12.2. The van der Waals surface area contributed by atoms with Crippen LogP contribution in [0.4, 0.5) is 9.59 Å². The molecule has 17 heteroatoms. The first-order valence-electron chi connectivity index (χ1n) is 23.7.